The number of amides is 4. The Balaban J connectivity index is 1.56. The van der Waals surface area contributed by atoms with E-state index in [4.69, 9.17) is 4.74 Å². The molecule has 2 fully saturated rings. The zero-order chi connectivity index (χ0) is 17.9. The third kappa shape index (κ3) is 3.66. The van der Waals surface area contributed by atoms with E-state index in [9.17, 15) is 14.4 Å². The van der Waals surface area contributed by atoms with E-state index < -0.39 is 23.6 Å². The van der Waals surface area contributed by atoms with Crippen LogP contribution in [0.25, 0.3) is 0 Å². The second kappa shape index (κ2) is 7.23. The lowest BCUT2D eigenvalue weighted by Crippen LogP contribution is -2.52. The maximum absolute atomic E-state index is 12.6. The molecule has 0 aromatic heterocycles. The smallest absolute Gasteiger partial charge is 0.344 e. The van der Waals surface area contributed by atoms with E-state index in [2.05, 4.69) is 10.7 Å². The number of hydrazine groups is 1. The van der Waals surface area contributed by atoms with Crippen LogP contribution >= 0.6 is 0 Å². The van der Waals surface area contributed by atoms with Crippen LogP contribution in [0.5, 0.6) is 0 Å². The Hall–Kier alpha value is -2.41. The largest absolute Gasteiger partial charge is 0.364 e. The average Bonchev–Trinajstić information content (AvgIpc) is 2.85. The number of carbonyl (C=O) groups is 3. The SMILES string of the molecule is CC(OCc1ccccc1)C(=O)NN1C(=O)NC2(CCCCC2)C1=O. The molecular formula is C18H23N3O4. The highest BCUT2D eigenvalue weighted by Gasteiger charge is 2.52. The van der Waals surface area contributed by atoms with Crippen molar-refractivity contribution in [3.63, 3.8) is 0 Å². The van der Waals surface area contributed by atoms with Gasteiger partial charge in [0.25, 0.3) is 11.8 Å². The fraction of sp³-hybridized carbons (Fsp3) is 0.500. The molecule has 1 heterocycles. The Morgan fingerprint density at radius 3 is 2.60 bits per heavy atom. The Labute approximate surface area is 146 Å². The molecule has 1 aromatic carbocycles. The molecule has 7 heteroatoms. The molecule has 1 spiro atoms. The summed E-state index contributed by atoms with van der Waals surface area (Å²) in [4.78, 5) is 37.0. The van der Waals surface area contributed by atoms with Crippen LogP contribution in [-0.2, 0) is 20.9 Å². The van der Waals surface area contributed by atoms with Crippen molar-refractivity contribution in [2.75, 3.05) is 0 Å². The highest BCUT2D eigenvalue weighted by Crippen LogP contribution is 2.32. The third-order valence-corrected chi connectivity index (χ3v) is 4.80. The van der Waals surface area contributed by atoms with Gasteiger partial charge in [-0.25, -0.2) is 4.79 Å². The molecule has 4 amide bonds. The predicted molar refractivity (Wildman–Crippen MR) is 90.0 cm³/mol. The van der Waals surface area contributed by atoms with Gasteiger partial charge in [0.15, 0.2) is 0 Å². The van der Waals surface area contributed by atoms with E-state index in [1.807, 2.05) is 30.3 Å². The Morgan fingerprint density at radius 1 is 1.24 bits per heavy atom. The molecular weight excluding hydrogens is 322 g/mol. The number of nitrogens with zero attached hydrogens (tertiary/aromatic N) is 1. The van der Waals surface area contributed by atoms with Gasteiger partial charge in [-0.1, -0.05) is 49.6 Å². The molecule has 1 saturated heterocycles. The minimum atomic E-state index is -0.850. The van der Waals surface area contributed by atoms with E-state index in [-0.39, 0.29) is 12.5 Å². The monoisotopic (exact) mass is 345 g/mol. The standard InChI is InChI=1S/C18H23N3O4/c1-13(25-12-14-8-4-2-5-9-14)15(22)20-21-16(23)18(19-17(21)24)10-6-3-7-11-18/h2,4-5,8-9,13H,3,6-7,10-12H2,1H3,(H,19,24)(H,20,22). The summed E-state index contributed by atoms with van der Waals surface area (Å²) in [6.45, 7) is 1.87. The molecule has 1 atom stereocenters. The van der Waals surface area contributed by atoms with Crippen LogP contribution in [0.4, 0.5) is 4.79 Å². The van der Waals surface area contributed by atoms with E-state index in [0.29, 0.717) is 12.8 Å². The van der Waals surface area contributed by atoms with Crippen LogP contribution in [0, 0.1) is 0 Å². The number of nitrogens with one attached hydrogen (secondary N) is 2. The Bertz CT molecular complexity index is 656. The summed E-state index contributed by atoms with van der Waals surface area (Å²) in [7, 11) is 0. The number of rotatable bonds is 5. The highest BCUT2D eigenvalue weighted by molar-refractivity contribution is 6.08. The molecule has 134 valence electrons. The lowest BCUT2D eigenvalue weighted by atomic mass is 9.82. The van der Waals surface area contributed by atoms with Crippen LogP contribution in [0.2, 0.25) is 0 Å². The topological polar surface area (TPSA) is 87.7 Å². The number of ether oxygens (including phenoxy) is 1. The average molecular weight is 345 g/mol. The lowest BCUT2D eigenvalue weighted by Gasteiger charge is -2.30. The van der Waals surface area contributed by atoms with Gasteiger partial charge in [-0.15, -0.1) is 0 Å². The number of hydrogen-bond donors (Lipinski definition) is 2. The van der Waals surface area contributed by atoms with Gasteiger partial charge in [-0.05, 0) is 25.3 Å². The van der Waals surface area contributed by atoms with E-state index in [1.165, 1.54) is 0 Å². The van der Waals surface area contributed by atoms with Crippen molar-refractivity contribution in [2.45, 2.75) is 57.3 Å². The first-order valence-corrected chi connectivity index (χ1v) is 8.64. The van der Waals surface area contributed by atoms with Crippen LogP contribution in [0.15, 0.2) is 30.3 Å². The summed E-state index contributed by atoms with van der Waals surface area (Å²) in [5.41, 5.74) is 2.49. The third-order valence-electron chi connectivity index (χ3n) is 4.80. The zero-order valence-electron chi connectivity index (χ0n) is 14.3. The summed E-state index contributed by atoms with van der Waals surface area (Å²) in [5, 5.41) is 3.55. The van der Waals surface area contributed by atoms with Crippen LogP contribution in [0.1, 0.15) is 44.6 Å². The maximum Gasteiger partial charge on any atom is 0.344 e. The molecule has 1 unspecified atom stereocenters. The van der Waals surface area contributed by atoms with Gasteiger partial charge in [0.1, 0.15) is 11.6 Å². The van der Waals surface area contributed by atoms with Gasteiger partial charge in [0, 0.05) is 0 Å². The van der Waals surface area contributed by atoms with Gasteiger partial charge < -0.3 is 10.1 Å². The normalized spacial score (nSPS) is 20.4. The molecule has 0 bridgehead atoms. The molecule has 1 aliphatic heterocycles. The highest BCUT2D eigenvalue weighted by atomic mass is 16.5. The number of carbonyl (C=O) groups excluding carboxylic acids is 3. The van der Waals surface area contributed by atoms with E-state index in [0.717, 1.165) is 29.8 Å². The molecule has 1 saturated carbocycles. The van der Waals surface area contributed by atoms with Crippen molar-refractivity contribution in [3.8, 4) is 0 Å². The summed E-state index contributed by atoms with van der Waals surface area (Å²) < 4.78 is 5.53. The molecule has 1 aliphatic carbocycles. The lowest BCUT2D eigenvalue weighted by molar-refractivity contribution is -0.144. The van der Waals surface area contributed by atoms with Crippen molar-refractivity contribution >= 4 is 17.8 Å². The minimum absolute atomic E-state index is 0.277. The fourth-order valence-electron chi connectivity index (χ4n) is 3.29. The Kier molecular flexibility index (Phi) is 5.03. The second-order valence-electron chi connectivity index (χ2n) is 6.63. The first-order chi connectivity index (χ1) is 12.0. The number of urea groups is 1. The van der Waals surface area contributed by atoms with Crippen LogP contribution in [-0.4, -0.2) is 34.5 Å². The summed E-state index contributed by atoms with van der Waals surface area (Å²) in [6, 6.07) is 8.90. The number of imide groups is 1. The first-order valence-electron chi connectivity index (χ1n) is 8.64. The number of hydrogen-bond acceptors (Lipinski definition) is 4. The van der Waals surface area contributed by atoms with Crippen molar-refractivity contribution in [2.24, 2.45) is 0 Å². The summed E-state index contributed by atoms with van der Waals surface area (Å²) >= 11 is 0. The molecule has 3 rings (SSSR count). The predicted octanol–water partition coefficient (Wildman–Crippen LogP) is 1.88. The number of benzene rings is 1. The van der Waals surface area contributed by atoms with Gasteiger partial charge >= 0.3 is 6.03 Å². The summed E-state index contributed by atoms with van der Waals surface area (Å²) in [6.07, 6.45) is 3.29. The summed E-state index contributed by atoms with van der Waals surface area (Å²) in [5.74, 6) is -0.895. The second-order valence-corrected chi connectivity index (χ2v) is 6.63. The van der Waals surface area contributed by atoms with Gasteiger partial charge in [-0.3, -0.25) is 15.0 Å². The molecule has 1 aromatic rings. The van der Waals surface area contributed by atoms with E-state index >= 15 is 0 Å². The fourth-order valence-corrected chi connectivity index (χ4v) is 3.29. The first kappa shape index (κ1) is 17.4. The van der Waals surface area contributed by atoms with Crippen LogP contribution in [0.3, 0.4) is 0 Å². The van der Waals surface area contributed by atoms with Gasteiger partial charge in [-0.2, -0.15) is 5.01 Å². The van der Waals surface area contributed by atoms with Crippen molar-refractivity contribution in [1.82, 2.24) is 15.8 Å². The van der Waals surface area contributed by atoms with Crippen molar-refractivity contribution in [1.29, 1.82) is 0 Å². The molecule has 0 radical (unpaired) electrons. The van der Waals surface area contributed by atoms with Gasteiger partial charge in [0.2, 0.25) is 0 Å². The molecule has 25 heavy (non-hydrogen) atoms. The van der Waals surface area contributed by atoms with Gasteiger partial charge in [0.05, 0.1) is 6.61 Å². The molecule has 2 N–H and O–H groups in total. The Morgan fingerprint density at radius 2 is 1.92 bits per heavy atom. The van der Waals surface area contributed by atoms with Crippen LogP contribution < -0.4 is 10.7 Å². The quantitative estimate of drug-likeness (QED) is 0.798. The van der Waals surface area contributed by atoms with Crippen molar-refractivity contribution < 1.29 is 19.1 Å². The molecule has 7 nitrogen and oxygen atoms in total. The van der Waals surface area contributed by atoms with Crippen molar-refractivity contribution in [3.05, 3.63) is 35.9 Å². The molecule has 2 aliphatic rings. The maximum atomic E-state index is 12.6. The van der Waals surface area contributed by atoms with E-state index in [1.54, 1.807) is 6.92 Å². The minimum Gasteiger partial charge on any atom is -0.364 e. The zero-order valence-corrected chi connectivity index (χ0v) is 14.3.